The third-order valence-corrected chi connectivity index (χ3v) is 5.21. The first-order valence-electron chi connectivity index (χ1n) is 7.53. The molecule has 0 aliphatic heterocycles. The molecular formula is C18H26S. The van der Waals surface area contributed by atoms with E-state index in [1.54, 1.807) is 0 Å². The first-order chi connectivity index (χ1) is 9.31. The Morgan fingerprint density at radius 1 is 1.26 bits per heavy atom. The Labute approximate surface area is 122 Å². The Balaban J connectivity index is 1.86. The van der Waals surface area contributed by atoms with Crippen LogP contribution in [0.5, 0.6) is 0 Å². The molecule has 0 aromatic heterocycles. The first kappa shape index (κ1) is 14.7. The number of allylic oxidation sites excluding steroid dienone is 1. The lowest BCUT2D eigenvalue weighted by Crippen LogP contribution is -2.14. The van der Waals surface area contributed by atoms with Crippen molar-refractivity contribution in [2.45, 2.75) is 38.5 Å². The van der Waals surface area contributed by atoms with E-state index >= 15 is 0 Å². The summed E-state index contributed by atoms with van der Waals surface area (Å²) in [5.41, 5.74) is 2.63. The molecule has 1 saturated carbocycles. The van der Waals surface area contributed by atoms with Gasteiger partial charge in [-0.15, -0.1) is 0 Å². The summed E-state index contributed by atoms with van der Waals surface area (Å²) in [6.07, 6.45) is 10.6. The maximum atomic E-state index is 4.28. The summed E-state index contributed by atoms with van der Waals surface area (Å²) in [5, 5.41) is 0. The molecular weight excluding hydrogens is 248 g/mol. The topological polar surface area (TPSA) is 0 Å². The molecule has 0 radical (unpaired) electrons. The molecule has 19 heavy (non-hydrogen) atoms. The highest BCUT2D eigenvalue weighted by atomic mass is 32.2. The maximum absolute atomic E-state index is 4.28. The second-order valence-electron chi connectivity index (χ2n) is 5.77. The van der Waals surface area contributed by atoms with Gasteiger partial charge in [0.25, 0.3) is 0 Å². The largest absolute Gasteiger partial charge is 0.165 e. The number of hydrogen-bond donors (Lipinski definition) is 0. The maximum Gasteiger partial charge on any atom is -0.00391 e. The molecule has 1 fully saturated rings. The van der Waals surface area contributed by atoms with Crippen LogP contribution in [0.1, 0.15) is 44.1 Å². The average molecular weight is 274 g/mol. The van der Waals surface area contributed by atoms with Gasteiger partial charge in [-0.25, -0.2) is 0 Å². The second kappa shape index (κ2) is 7.79. The predicted octanol–water partition coefficient (Wildman–Crippen LogP) is 5.65. The molecule has 0 bridgehead atoms. The summed E-state index contributed by atoms with van der Waals surface area (Å²) in [6, 6.07) is 10.7. The van der Waals surface area contributed by atoms with Crippen LogP contribution in [0.2, 0.25) is 0 Å². The van der Waals surface area contributed by atoms with Gasteiger partial charge in [0.2, 0.25) is 0 Å². The second-order valence-corrected chi connectivity index (χ2v) is 6.68. The summed E-state index contributed by atoms with van der Waals surface area (Å²) in [5.74, 6) is 3.21. The van der Waals surface area contributed by atoms with Crippen molar-refractivity contribution >= 4 is 17.3 Å². The fourth-order valence-electron chi connectivity index (χ4n) is 3.28. The number of thioether (sulfide) groups is 1. The van der Waals surface area contributed by atoms with Gasteiger partial charge in [0.1, 0.15) is 0 Å². The molecule has 1 aromatic carbocycles. The predicted molar refractivity (Wildman–Crippen MR) is 88.5 cm³/mol. The van der Waals surface area contributed by atoms with Gasteiger partial charge in [-0.1, -0.05) is 62.6 Å². The van der Waals surface area contributed by atoms with E-state index < -0.39 is 0 Å². The zero-order valence-electron chi connectivity index (χ0n) is 12.1. The van der Waals surface area contributed by atoms with Crippen molar-refractivity contribution in [3.05, 3.63) is 42.5 Å². The van der Waals surface area contributed by atoms with E-state index in [-0.39, 0.29) is 0 Å². The lowest BCUT2D eigenvalue weighted by Gasteiger charge is -2.23. The Kier molecular flexibility index (Phi) is 6.03. The highest BCUT2D eigenvalue weighted by Crippen LogP contribution is 2.36. The van der Waals surface area contributed by atoms with Crippen LogP contribution in [0.15, 0.2) is 36.9 Å². The molecule has 1 aliphatic carbocycles. The van der Waals surface area contributed by atoms with Gasteiger partial charge in [0.15, 0.2) is 0 Å². The number of benzene rings is 1. The quantitative estimate of drug-likeness (QED) is 0.619. The van der Waals surface area contributed by atoms with Gasteiger partial charge in [0.05, 0.1) is 0 Å². The van der Waals surface area contributed by atoms with Crippen LogP contribution in [-0.4, -0.2) is 12.0 Å². The third kappa shape index (κ3) is 4.42. The van der Waals surface area contributed by atoms with Crippen molar-refractivity contribution in [1.82, 2.24) is 0 Å². The Bertz CT molecular complexity index is 376. The van der Waals surface area contributed by atoms with Gasteiger partial charge in [-0.3, -0.25) is 0 Å². The van der Waals surface area contributed by atoms with Crippen LogP contribution in [-0.2, 0) is 0 Å². The van der Waals surface area contributed by atoms with Crippen LogP contribution in [0.25, 0.3) is 5.57 Å². The van der Waals surface area contributed by atoms with Crippen molar-refractivity contribution in [1.29, 1.82) is 0 Å². The fraction of sp³-hybridized carbons (Fsp3) is 0.556. The SMILES string of the molecule is C=C(CCC(CSC)C1CCCC1)c1ccccc1. The van der Waals surface area contributed by atoms with E-state index in [2.05, 4.69) is 43.2 Å². The summed E-state index contributed by atoms with van der Waals surface area (Å²) < 4.78 is 0. The van der Waals surface area contributed by atoms with Crippen molar-refractivity contribution in [3.8, 4) is 0 Å². The minimum absolute atomic E-state index is 0.901. The molecule has 1 heteroatoms. The van der Waals surface area contributed by atoms with E-state index in [0.29, 0.717) is 0 Å². The van der Waals surface area contributed by atoms with Crippen molar-refractivity contribution in [2.24, 2.45) is 11.8 Å². The highest BCUT2D eigenvalue weighted by Gasteiger charge is 2.24. The zero-order chi connectivity index (χ0) is 13.5. The smallest absolute Gasteiger partial charge is 0.00391 e. The van der Waals surface area contributed by atoms with E-state index in [1.165, 1.54) is 49.0 Å². The molecule has 0 N–H and O–H groups in total. The van der Waals surface area contributed by atoms with E-state index in [1.807, 2.05) is 11.8 Å². The third-order valence-electron chi connectivity index (χ3n) is 4.45. The monoisotopic (exact) mass is 274 g/mol. The van der Waals surface area contributed by atoms with Crippen LogP contribution in [0, 0.1) is 11.8 Å². The molecule has 1 atom stereocenters. The lowest BCUT2D eigenvalue weighted by molar-refractivity contribution is 0.355. The van der Waals surface area contributed by atoms with Gasteiger partial charge in [-0.2, -0.15) is 11.8 Å². The van der Waals surface area contributed by atoms with Crippen molar-refractivity contribution < 1.29 is 0 Å². The molecule has 1 unspecified atom stereocenters. The molecule has 1 aromatic rings. The lowest BCUT2D eigenvalue weighted by atomic mass is 9.86. The normalized spacial score (nSPS) is 17.5. The molecule has 0 saturated heterocycles. The molecule has 104 valence electrons. The van der Waals surface area contributed by atoms with Crippen LogP contribution in [0.3, 0.4) is 0 Å². The first-order valence-corrected chi connectivity index (χ1v) is 8.92. The van der Waals surface area contributed by atoms with Crippen LogP contribution in [0.4, 0.5) is 0 Å². The minimum atomic E-state index is 0.901. The highest BCUT2D eigenvalue weighted by molar-refractivity contribution is 7.98. The molecule has 0 nitrogen and oxygen atoms in total. The number of hydrogen-bond acceptors (Lipinski definition) is 1. The summed E-state index contributed by atoms with van der Waals surface area (Å²) in [7, 11) is 0. The molecule has 2 rings (SSSR count). The van der Waals surface area contributed by atoms with Crippen molar-refractivity contribution in [2.75, 3.05) is 12.0 Å². The molecule has 1 aliphatic rings. The fourth-order valence-corrected chi connectivity index (χ4v) is 4.14. The summed E-state index contributed by atoms with van der Waals surface area (Å²) in [6.45, 7) is 4.28. The van der Waals surface area contributed by atoms with Crippen molar-refractivity contribution in [3.63, 3.8) is 0 Å². The number of rotatable bonds is 7. The van der Waals surface area contributed by atoms with Gasteiger partial charge < -0.3 is 0 Å². The zero-order valence-corrected chi connectivity index (χ0v) is 12.9. The summed E-state index contributed by atoms with van der Waals surface area (Å²) >= 11 is 2.01. The van der Waals surface area contributed by atoms with E-state index in [9.17, 15) is 0 Å². The molecule has 0 spiro atoms. The molecule has 0 heterocycles. The van der Waals surface area contributed by atoms with E-state index in [4.69, 9.17) is 0 Å². The summed E-state index contributed by atoms with van der Waals surface area (Å²) in [4.78, 5) is 0. The van der Waals surface area contributed by atoms with Gasteiger partial charge in [-0.05, 0) is 47.8 Å². The minimum Gasteiger partial charge on any atom is -0.165 e. The van der Waals surface area contributed by atoms with Crippen LogP contribution < -0.4 is 0 Å². The average Bonchev–Trinajstić information content (AvgIpc) is 2.98. The van der Waals surface area contributed by atoms with Gasteiger partial charge in [0, 0.05) is 0 Å². The Morgan fingerprint density at radius 3 is 2.58 bits per heavy atom. The Morgan fingerprint density at radius 2 is 1.95 bits per heavy atom. The van der Waals surface area contributed by atoms with Gasteiger partial charge >= 0.3 is 0 Å². The van der Waals surface area contributed by atoms with E-state index in [0.717, 1.165) is 18.3 Å². The Hall–Kier alpha value is -0.690. The molecule has 0 amide bonds. The standard InChI is InChI=1S/C18H26S/c1-15(16-8-4-3-5-9-16)12-13-18(14-19-2)17-10-6-7-11-17/h3-5,8-9,17-18H,1,6-7,10-14H2,2H3. The van der Waals surface area contributed by atoms with Crippen LogP contribution >= 0.6 is 11.8 Å².